The molecular formula is C23H30FN3O3S. The van der Waals surface area contributed by atoms with Crippen LogP contribution < -0.4 is 4.72 Å². The van der Waals surface area contributed by atoms with Crippen LogP contribution in [0.1, 0.15) is 42.5 Å². The highest BCUT2D eigenvalue weighted by Crippen LogP contribution is 2.22. The maximum Gasteiger partial charge on any atom is 0.261 e. The first kappa shape index (κ1) is 23.2. The summed E-state index contributed by atoms with van der Waals surface area (Å²) < 4.78 is 41.0. The van der Waals surface area contributed by atoms with E-state index in [9.17, 15) is 17.6 Å². The number of rotatable bonds is 8. The molecule has 0 heterocycles. The SMILES string of the molecule is CN(CCN(C)C1CCCCC1)C(=O)c1ccc(S(=O)(=O)Nc2ccccc2F)cc1. The first-order valence-corrected chi connectivity index (χ1v) is 12.1. The molecule has 2 aromatic rings. The molecule has 0 atom stereocenters. The molecule has 168 valence electrons. The van der Waals surface area contributed by atoms with E-state index in [0.29, 0.717) is 18.2 Å². The largest absolute Gasteiger partial charge is 0.340 e. The van der Waals surface area contributed by atoms with Gasteiger partial charge in [-0.2, -0.15) is 0 Å². The second-order valence-corrected chi connectivity index (χ2v) is 9.79. The van der Waals surface area contributed by atoms with Crippen LogP contribution in [0.5, 0.6) is 0 Å². The van der Waals surface area contributed by atoms with Crippen LogP contribution in [0.2, 0.25) is 0 Å². The molecule has 1 aliphatic carbocycles. The van der Waals surface area contributed by atoms with E-state index in [0.717, 1.165) is 6.54 Å². The van der Waals surface area contributed by atoms with Gasteiger partial charge in [-0.3, -0.25) is 9.52 Å². The topological polar surface area (TPSA) is 69.7 Å². The van der Waals surface area contributed by atoms with Crippen molar-refractivity contribution in [3.63, 3.8) is 0 Å². The van der Waals surface area contributed by atoms with Crippen molar-refractivity contribution >= 4 is 21.6 Å². The summed E-state index contributed by atoms with van der Waals surface area (Å²) in [5, 5.41) is 0. The number of anilines is 1. The zero-order chi connectivity index (χ0) is 22.4. The van der Waals surface area contributed by atoms with Crippen molar-refractivity contribution in [2.45, 2.75) is 43.0 Å². The molecule has 3 rings (SSSR count). The van der Waals surface area contributed by atoms with Gasteiger partial charge < -0.3 is 9.80 Å². The zero-order valence-electron chi connectivity index (χ0n) is 18.1. The van der Waals surface area contributed by atoms with Gasteiger partial charge in [0.1, 0.15) is 5.82 Å². The van der Waals surface area contributed by atoms with Gasteiger partial charge in [0.25, 0.3) is 15.9 Å². The second-order valence-electron chi connectivity index (χ2n) is 8.11. The molecule has 8 heteroatoms. The smallest absolute Gasteiger partial charge is 0.261 e. The van der Waals surface area contributed by atoms with Crippen LogP contribution in [-0.4, -0.2) is 57.4 Å². The van der Waals surface area contributed by atoms with Crippen LogP contribution >= 0.6 is 0 Å². The number of sulfonamides is 1. The lowest BCUT2D eigenvalue weighted by atomic mass is 9.94. The number of benzene rings is 2. The minimum absolute atomic E-state index is 0.0352. The lowest BCUT2D eigenvalue weighted by molar-refractivity contribution is 0.0767. The van der Waals surface area contributed by atoms with Crippen LogP contribution in [0, 0.1) is 5.82 Å². The van der Waals surface area contributed by atoms with Crippen molar-refractivity contribution < 1.29 is 17.6 Å². The summed E-state index contributed by atoms with van der Waals surface area (Å²) in [6.45, 7) is 1.40. The predicted molar refractivity (Wildman–Crippen MR) is 120 cm³/mol. The molecular weight excluding hydrogens is 417 g/mol. The summed E-state index contributed by atoms with van der Waals surface area (Å²) in [6.07, 6.45) is 6.27. The number of nitrogens with one attached hydrogen (secondary N) is 1. The van der Waals surface area contributed by atoms with E-state index in [4.69, 9.17) is 0 Å². The average molecular weight is 448 g/mol. The van der Waals surface area contributed by atoms with Crippen LogP contribution in [0.15, 0.2) is 53.4 Å². The molecule has 0 saturated heterocycles. The van der Waals surface area contributed by atoms with Gasteiger partial charge in [-0.05, 0) is 56.3 Å². The maximum atomic E-state index is 13.8. The quantitative estimate of drug-likeness (QED) is 0.665. The molecule has 0 unspecified atom stereocenters. The van der Waals surface area contributed by atoms with E-state index in [2.05, 4.69) is 16.7 Å². The fraction of sp³-hybridized carbons (Fsp3) is 0.435. The van der Waals surface area contributed by atoms with E-state index in [1.54, 1.807) is 18.0 Å². The molecule has 1 aliphatic rings. The van der Waals surface area contributed by atoms with Crippen molar-refractivity contribution in [3.05, 3.63) is 59.9 Å². The zero-order valence-corrected chi connectivity index (χ0v) is 18.9. The third-order valence-corrected chi connectivity index (χ3v) is 7.24. The van der Waals surface area contributed by atoms with Gasteiger partial charge >= 0.3 is 0 Å². The number of para-hydroxylation sites is 1. The second kappa shape index (κ2) is 10.2. The summed E-state index contributed by atoms with van der Waals surface area (Å²) in [5.74, 6) is -0.819. The van der Waals surface area contributed by atoms with E-state index in [1.165, 1.54) is 74.6 Å². The Morgan fingerprint density at radius 2 is 1.65 bits per heavy atom. The highest BCUT2D eigenvalue weighted by Gasteiger charge is 2.20. The number of carbonyl (C=O) groups excluding carboxylic acids is 1. The van der Waals surface area contributed by atoms with Gasteiger partial charge in [0.05, 0.1) is 10.6 Å². The number of amides is 1. The fourth-order valence-corrected chi connectivity index (χ4v) is 4.93. The molecule has 1 saturated carbocycles. The number of hydrogen-bond donors (Lipinski definition) is 1. The summed E-state index contributed by atoms with van der Waals surface area (Å²) in [4.78, 5) is 16.7. The molecule has 0 radical (unpaired) electrons. The third-order valence-electron chi connectivity index (χ3n) is 5.86. The number of nitrogens with zero attached hydrogens (tertiary/aromatic N) is 2. The summed E-state index contributed by atoms with van der Waals surface area (Å²) in [6, 6.07) is 11.8. The number of halogens is 1. The minimum Gasteiger partial charge on any atom is -0.340 e. The lowest BCUT2D eigenvalue weighted by Crippen LogP contribution is -2.40. The molecule has 2 aromatic carbocycles. The maximum absolute atomic E-state index is 13.8. The Morgan fingerprint density at radius 1 is 1.00 bits per heavy atom. The Labute approximate surface area is 184 Å². The minimum atomic E-state index is -3.95. The summed E-state index contributed by atoms with van der Waals surface area (Å²) >= 11 is 0. The van der Waals surface area contributed by atoms with E-state index in [1.807, 2.05) is 0 Å². The van der Waals surface area contributed by atoms with E-state index in [-0.39, 0.29) is 16.5 Å². The van der Waals surface area contributed by atoms with Crippen LogP contribution in [-0.2, 0) is 10.0 Å². The van der Waals surface area contributed by atoms with Gasteiger partial charge in [-0.15, -0.1) is 0 Å². The van der Waals surface area contributed by atoms with Crippen LogP contribution in [0.25, 0.3) is 0 Å². The van der Waals surface area contributed by atoms with Crippen LogP contribution in [0.3, 0.4) is 0 Å². The van der Waals surface area contributed by atoms with E-state index < -0.39 is 15.8 Å². The lowest BCUT2D eigenvalue weighted by Gasteiger charge is -2.32. The van der Waals surface area contributed by atoms with Crippen LogP contribution in [0.4, 0.5) is 10.1 Å². The first-order valence-electron chi connectivity index (χ1n) is 10.6. The van der Waals surface area contributed by atoms with Gasteiger partial charge in [-0.25, -0.2) is 12.8 Å². The van der Waals surface area contributed by atoms with Gasteiger partial charge in [0.2, 0.25) is 0 Å². The number of carbonyl (C=O) groups is 1. The first-order chi connectivity index (χ1) is 14.8. The van der Waals surface area contributed by atoms with E-state index >= 15 is 0 Å². The van der Waals surface area contributed by atoms with Crippen molar-refractivity contribution in [3.8, 4) is 0 Å². The normalized spacial score (nSPS) is 15.1. The number of hydrogen-bond acceptors (Lipinski definition) is 4. The molecule has 0 aromatic heterocycles. The van der Waals surface area contributed by atoms with Crippen molar-refractivity contribution in [2.75, 3.05) is 31.9 Å². The Balaban J connectivity index is 1.59. The Hall–Kier alpha value is -2.45. The predicted octanol–water partition coefficient (Wildman–Crippen LogP) is 3.96. The van der Waals surface area contributed by atoms with Crippen molar-refractivity contribution in [1.82, 2.24) is 9.80 Å². The van der Waals surface area contributed by atoms with Crippen molar-refractivity contribution in [1.29, 1.82) is 0 Å². The Morgan fingerprint density at radius 3 is 2.29 bits per heavy atom. The molecule has 31 heavy (non-hydrogen) atoms. The molecule has 0 bridgehead atoms. The van der Waals surface area contributed by atoms with Gasteiger partial charge in [0, 0.05) is 31.7 Å². The molecule has 1 N–H and O–H groups in total. The van der Waals surface area contributed by atoms with Gasteiger partial charge in [-0.1, -0.05) is 31.4 Å². The highest BCUT2D eigenvalue weighted by atomic mass is 32.2. The highest BCUT2D eigenvalue weighted by molar-refractivity contribution is 7.92. The molecule has 1 amide bonds. The summed E-state index contributed by atoms with van der Waals surface area (Å²) in [5.41, 5.74) is 0.289. The average Bonchev–Trinajstić information content (AvgIpc) is 2.79. The molecule has 0 spiro atoms. The molecule has 0 aliphatic heterocycles. The Kier molecular flexibility index (Phi) is 7.67. The molecule has 1 fully saturated rings. The molecule has 6 nitrogen and oxygen atoms in total. The third kappa shape index (κ3) is 6.04. The summed E-state index contributed by atoms with van der Waals surface area (Å²) in [7, 11) is -0.0950. The monoisotopic (exact) mass is 447 g/mol. The number of likely N-dealkylation sites (N-methyl/N-ethyl adjacent to an activating group) is 2. The van der Waals surface area contributed by atoms with Crippen molar-refractivity contribution in [2.24, 2.45) is 0 Å². The van der Waals surface area contributed by atoms with Gasteiger partial charge in [0.15, 0.2) is 0 Å². The standard InChI is InChI=1S/C23H30FN3O3S/c1-26(19-8-4-3-5-9-19)16-17-27(2)23(28)18-12-14-20(15-13-18)31(29,30)25-22-11-7-6-10-21(22)24/h6-7,10-15,19,25H,3-5,8-9,16-17H2,1-2H3. The Bertz CT molecular complexity index is 989. The fourth-order valence-electron chi connectivity index (χ4n) is 3.86.